The van der Waals surface area contributed by atoms with Gasteiger partial charge >= 0.3 is 0 Å². The molecule has 0 unspecified atom stereocenters. The Labute approximate surface area is 134 Å². The van der Waals surface area contributed by atoms with Crippen molar-refractivity contribution >= 4 is 5.82 Å². The van der Waals surface area contributed by atoms with Gasteiger partial charge in [-0.05, 0) is 31.9 Å². The average Bonchev–Trinajstić information content (AvgIpc) is 2.48. The zero-order valence-corrected chi connectivity index (χ0v) is 13.7. The molecule has 0 aliphatic heterocycles. The van der Waals surface area contributed by atoms with Gasteiger partial charge in [-0.25, -0.2) is 18.7 Å². The molecule has 0 spiro atoms. The summed E-state index contributed by atoms with van der Waals surface area (Å²) in [6.07, 6.45) is 1.06. The second-order valence-corrected chi connectivity index (χ2v) is 6.00. The number of nitrogens with one attached hydrogen (secondary N) is 1. The van der Waals surface area contributed by atoms with Gasteiger partial charge in [-0.3, -0.25) is 0 Å². The highest BCUT2D eigenvalue weighted by Gasteiger charge is 2.15. The van der Waals surface area contributed by atoms with Crippen molar-refractivity contribution in [3.8, 4) is 17.0 Å². The molecule has 1 N–H and O–H groups in total. The number of ether oxygens (including phenoxy) is 1. The molecule has 4 nitrogen and oxygen atoms in total. The number of hydrogen-bond acceptors (Lipinski definition) is 4. The van der Waals surface area contributed by atoms with Gasteiger partial charge < -0.3 is 10.1 Å². The Balaban J connectivity index is 2.30. The SMILES string of the molecule is CC(C)CNc1cc(-c2cc(F)c(OC(C)C)c(F)c2)ncn1. The fraction of sp³-hybridized carbons (Fsp3) is 0.412. The van der Waals surface area contributed by atoms with Crippen LogP contribution in [0.25, 0.3) is 11.3 Å². The van der Waals surface area contributed by atoms with Crippen molar-refractivity contribution in [2.45, 2.75) is 33.8 Å². The molecule has 0 saturated heterocycles. The van der Waals surface area contributed by atoms with E-state index in [0.29, 0.717) is 23.0 Å². The van der Waals surface area contributed by atoms with Crippen LogP contribution in [0.3, 0.4) is 0 Å². The zero-order valence-electron chi connectivity index (χ0n) is 13.7. The molecular weight excluding hydrogens is 300 g/mol. The van der Waals surface area contributed by atoms with E-state index in [9.17, 15) is 8.78 Å². The molecule has 6 heteroatoms. The predicted octanol–water partition coefficient (Wildman–Crippen LogP) is 4.28. The van der Waals surface area contributed by atoms with E-state index in [1.807, 2.05) is 0 Å². The molecule has 23 heavy (non-hydrogen) atoms. The van der Waals surface area contributed by atoms with Crippen LogP contribution in [-0.2, 0) is 0 Å². The Morgan fingerprint density at radius 3 is 2.26 bits per heavy atom. The van der Waals surface area contributed by atoms with Gasteiger partial charge in [0.2, 0.25) is 0 Å². The van der Waals surface area contributed by atoms with Crippen molar-refractivity contribution in [2.24, 2.45) is 5.92 Å². The summed E-state index contributed by atoms with van der Waals surface area (Å²) >= 11 is 0. The van der Waals surface area contributed by atoms with Gasteiger partial charge in [-0.1, -0.05) is 13.8 Å². The summed E-state index contributed by atoms with van der Waals surface area (Å²) in [6.45, 7) is 8.33. The van der Waals surface area contributed by atoms with E-state index >= 15 is 0 Å². The highest BCUT2D eigenvalue weighted by molar-refractivity contribution is 5.63. The van der Waals surface area contributed by atoms with Crippen LogP contribution in [0.4, 0.5) is 14.6 Å². The fourth-order valence-electron chi connectivity index (χ4n) is 1.98. The first-order valence-electron chi connectivity index (χ1n) is 7.58. The second kappa shape index (κ2) is 7.35. The maximum atomic E-state index is 14.1. The van der Waals surface area contributed by atoms with Gasteiger partial charge in [0.05, 0.1) is 11.8 Å². The minimum atomic E-state index is -0.746. The molecule has 0 fully saturated rings. The van der Waals surface area contributed by atoms with Crippen LogP contribution in [0.5, 0.6) is 5.75 Å². The summed E-state index contributed by atoms with van der Waals surface area (Å²) in [5.74, 6) is -0.785. The Morgan fingerprint density at radius 2 is 1.70 bits per heavy atom. The molecule has 0 aliphatic rings. The minimum absolute atomic E-state index is 0.310. The van der Waals surface area contributed by atoms with Gasteiger partial charge in [0.15, 0.2) is 17.4 Å². The second-order valence-electron chi connectivity index (χ2n) is 6.00. The van der Waals surface area contributed by atoms with Crippen molar-refractivity contribution in [1.29, 1.82) is 0 Å². The number of hydrogen-bond donors (Lipinski definition) is 1. The first-order valence-corrected chi connectivity index (χ1v) is 7.58. The van der Waals surface area contributed by atoms with Crippen molar-refractivity contribution in [1.82, 2.24) is 9.97 Å². The van der Waals surface area contributed by atoms with Gasteiger partial charge in [-0.2, -0.15) is 0 Å². The highest BCUT2D eigenvalue weighted by atomic mass is 19.1. The normalized spacial score (nSPS) is 11.1. The summed E-state index contributed by atoms with van der Waals surface area (Å²) in [7, 11) is 0. The van der Waals surface area contributed by atoms with Crippen LogP contribution in [0.1, 0.15) is 27.7 Å². The van der Waals surface area contributed by atoms with Crippen LogP contribution in [0.15, 0.2) is 24.5 Å². The number of aromatic nitrogens is 2. The maximum absolute atomic E-state index is 14.1. The Kier molecular flexibility index (Phi) is 5.47. The molecule has 1 aromatic heterocycles. The van der Waals surface area contributed by atoms with Crippen molar-refractivity contribution in [2.75, 3.05) is 11.9 Å². The average molecular weight is 321 g/mol. The van der Waals surface area contributed by atoms with E-state index in [-0.39, 0.29) is 11.9 Å². The number of anilines is 1. The standard InChI is InChI=1S/C17H21F2N3O/c1-10(2)8-20-16-7-15(21-9-22-16)12-5-13(18)17(14(19)6-12)23-11(3)4/h5-7,9-11H,8H2,1-4H3,(H,20,21,22). The summed E-state index contributed by atoms with van der Waals surface area (Å²) in [5.41, 5.74) is 0.784. The topological polar surface area (TPSA) is 47.0 Å². The van der Waals surface area contributed by atoms with Gasteiger partial charge in [0.25, 0.3) is 0 Å². The maximum Gasteiger partial charge on any atom is 0.191 e. The van der Waals surface area contributed by atoms with E-state index in [1.54, 1.807) is 19.9 Å². The number of rotatable bonds is 6. The van der Waals surface area contributed by atoms with Crippen LogP contribution in [0.2, 0.25) is 0 Å². The van der Waals surface area contributed by atoms with E-state index < -0.39 is 11.6 Å². The third-order valence-corrected chi connectivity index (χ3v) is 3.01. The zero-order chi connectivity index (χ0) is 17.0. The lowest BCUT2D eigenvalue weighted by molar-refractivity contribution is 0.219. The Morgan fingerprint density at radius 1 is 1.04 bits per heavy atom. The summed E-state index contributed by atoms with van der Waals surface area (Å²) in [5, 5.41) is 3.16. The van der Waals surface area contributed by atoms with Crippen molar-refractivity contribution in [3.63, 3.8) is 0 Å². The largest absolute Gasteiger partial charge is 0.485 e. The summed E-state index contributed by atoms with van der Waals surface area (Å²) < 4.78 is 33.3. The molecule has 2 rings (SSSR count). The number of nitrogens with zero attached hydrogens (tertiary/aromatic N) is 2. The molecule has 0 aliphatic carbocycles. The van der Waals surface area contributed by atoms with Crippen molar-refractivity contribution in [3.05, 3.63) is 36.2 Å². The van der Waals surface area contributed by atoms with Gasteiger partial charge in [0.1, 0.15) is 12.1 Å². The lowest BCUT2D eigenvalue weighted by atomic mass is 10.1. The molecule has 124 valence electrons. The van der Waals surface area contributed by atoms with E-state index in [1.165, 1.54) is 18.5 Å². The first-order chi connectivity index (χ1) is 10.9. The summed E-state index contributed by atoms with van der Waals surface area (Å²) in [4.78, 5) is 8.19. The quantitative estimate of drug-likeness (QED) is 0.863. The lowest BCUT2D eigenvalue weighted by Crippen LogP contribution is -2.10. The fourth-order valence-corrected chi connectivity index (χ4v) is 1.98. The molecule has 0 radical (unpaired) electrons. The minimum Gasteiger partial charge on any atom is -0.485 e. The molecule has 0 amide bonds. The van der Waals surface area contributed by atoms with Crippen LogP contribution in [0, 0.1) is 17.6 Å². The molecular formula is C17H21F2N3O. The van der Waals surface area contributed by atoms with Crippen LogP contribution >= 0.6 is 0 Å². The van der Waals surface area contributed by atoms with E-state index in [4.69, 9.17) is 4.74 Å². The molecule has 1 aromatic carbocycles. The summed E-state index contributed by atoms with van der Waals surface area (Å²) in [6, 6.07) is 4.10. The van der Waals surface area contributed by atoms with Crippen LogP contribution < -0.4 is 10.1 Å². The van der Waals surface area contributed by atoms with Gasteiger partial charge in [0, 0.05) is 18.2 Å². The van der Waals surface area contributed by atoms with E-state index in [2.05, 4.69) is 29.1 Å². The third kappa shape index (κ3) is 4.61. The Bertz CT molecular complexity index is 652. The van der Waals surface area contributed by atoms with E-state index in [0.717, 1.165) is 6.54 Å². The first kappa shape index (κ1) is 17.1. The molecule has 1 heterocycles. The van der Waals surface area contributed by atoms with Crippen molar-refractivity contribution < 1.29 is 13.5 Å². The highest BCUT2D eigenvalue weighted by Crippen LogP contribution is 2.29. The number of halogens is 2. The third-order valence-electron chi connectivity index (χ3n) is 3.01. The molecule has 2 aromatic rings. The van der Waals surface area contributed by atoms with Gasteiger partial charge in [-0.15, -0.1) is 0 Å². The Hall–Kier alpha value is -2.24. The molecule has 0 saturated carbocycles. The molecule has 0 atom stereocenters. The monoisotopic (exact) mass is 321 g/mol. The number of benzene rings is 1. The molecule has 0 bridgehead atoms. The predicted molar refractivity (Wildman–Crippen MR) is 86.5 cm³/mol. The van der Waals surface area contributed by atoms with Crippen LogP contribution in [-0.4, -0.2) is 22.6 Å². The smallest absolute Gasteiger partial charge is 0.191 e. The lowest BCUT2D eigenvalue weighted by Gasteiger charge is -2.13.